The fourth-order valence-corrected chi connectivity index (χ4v) is 5.37. The molecule has 2 saturated heterocycles. The van der Waals surface area contributed by atoms with Crippen molar-refractivity contribution in [2.75, 3.05) is 6.26 Å². The van der Waals surface area contributed by atoms with E-state index in [4.69, 9.17) is 4.18 Å². The summed E-state index contributed by atoms with van der Waals surface area (Å²) in [6.07, 6.45) is 7.90. The summed E-state index contributed by atoms with van der Waals surface area (Å²) < 4.78 is 27.9. The Morgan fingerprint density at radius 2 is 2.07 bits per heavy atom. The Kier molecular flexibility index (Phi) is 4.89. The van der Waals surface area contributed by atoms with Crippen molar-refractivity contribution in [2.45, 2.75) is 64.0 Å². The molecule has 1 aliphatic carbocycles. The lowest BCUT2D eigenvalue weighted by Crippen LogP contribution is -2.58. The topological polar surface area (TPSA) is 79.5 Å². The maximum absolute atomic E-state index is 13.1. The molecule has 3 fully saturated rings. The zero-order valence-corrected chi connectivity index (χ0v) is 17.5. The van der Waals surface area contributed by atoms with Gasteiger partial charge in [0.2, 0.25) is 5.91 Å². The third kappa shape index (κ3) is 3.64. The van der Waals surface area contributed by atoms with Crippen molar-refractivity contribution in [3.8, 4) is 5.75 Å². The van der Waals surface area contributed by atoms with E-state index >= 15 is 0 Å². The summed E-state index contributed by atoms with van der Waals surface area (Å²) in [7, 11) is -3.58. The minimum atomic E-state index is -3.58. The third-order valence-corrected chi connectivity index (χ3v) is 6.80. The van der Waals surface area contributed by atoms with Gasteiger partial charge in [-0.3, -0.25) is 4.79 Å². The second-order valence-electron chi connectivity index (χ2n) is 8.43. The van der Waals surface area contributed by atoms with Gasteiger partial charge in [-0.25, -0.2) is 0 Å². The third-order valence-electron chi connectivity index (χ3n) is 6.31. The fraction of sp³-hybridized carbons (Fsp3) is 0.571. The molecule has 3 heterocycles. The fourth-order valence-electron chi connectivity index (χ4n) is 4.92. The maximum Gasteiger partial charge on any atom is 0.306 e. The van der Waals surface area contributed by atoms with Crippen LogP contribution < -0.4 is 4.18 Å². The van der Waals surface area contributed by atoms with E-state index in [0.29, 0.717) is 18.5 Å². The summed E-state index contributed by atoms with van der Waals surface area (Å²) >= 11 is 0. The maximum atomic E-state index is 13.1. The Bertz CT molecular complexity index is 991. The van der Waals surface area contributed by atoms with E-state index in [-0.39, 0.29) is 17.6 Å². The molecule has 5 rings (SSSR count). The van der Waals surface area contributed by atoms with Crippen molar-refractivity contribution < 1.29 is 17.4 Å². The molecule has 2 aliphatic heterocycles. The first-order valence-electron chi connectivity index (χ1n) is 10.1. The predicted molar refractivity (Wildman–Crippen MR) is 109 cm³/mol. The standard InChI is InChI=1S/C21H28N2O4S/c1-4-15-8-14-9-16(10-14)23(15)21(24)7-13(2)19-12-22-20-6-5-17(11-18(19)20)27-28(3,25)26/h5-6,11-16,22H,4,7-10H2,1-3H3. The van der Waals surface area contributed by atoms with Crippen molar-refractivity contribution in [1.82, 2.24) is 9.88 Å². The van der Waals surface area contributed by atoms with Crippen molar-refractivity contribution in [3.05, 3.63) is 30.0 Å². The molecule has 1 amide bonds. The first-order chi connectivity index (χ1) is 13.2. The van der Waals surface area contributed by atoms with Gasteiger partial charge < -0.3 is 14.1 Å². The van der Waals surface area contributed by atoms with Gasteiger partial charge in [0, 0.05) is 35.6 Å². The van der Waals surface area contributed by atoms with Crippen LogP contribution in [0.25, 0.3) is 10.9 Å². The van der Waals surface area contributed by atoms with Crippen LogP contribution in [0.1, 0.15) is 57.4 Å². The second-order valence-corrected chi connectivity index (χ2v) is 10.0. The molecule has 1 N–H and O–H groups in total. The van der Waals surface area contributed by atoms with Crippen LogP contribution in [0.3, 0.4) is 0 Å². The van der Waals surface area contributed by atoms with E-state index in [1.807, 2.05) is 6.20 Å². The number of fused-ring (bicyclic) bond motifs is 3. The first-order valence-corrected chi connectivity index (χ1v) is 11.9. The number of carbonyl (C=O) groups excluding carboxylic acids is 1. The van der Waals surface area contributed by atoms with Gasteiger partial charge in [0.25, 0.3) is 0 Å². The molecule has 2 unspecified atom stereocenters. The van der Waals surface area contributed by atoms with Gasteiger partial charge in [0.1, 0.15) is 5.75 Å². The van der Waals surface area contributed by atoms with E-state index in [9.17, 15) is 13.2 Å². The molecule has 2 atom stereocenters. The van der Waals surface area contributed by atoms with Gasteiger partial charge >= 0.3 is 10.1 Å². The molecule has 0 radical (unpaired) electrons. The molecule has 0 spiro atoms. The summed E-state index contributed by atoms with van der Waals surface area (Å²) in [6.45, 7) is 4.22. The van der Waals surface area contributed by atoms with Crippen molar-refractivity contribution in [2.24, 2.45) is 5.92 Å². The van der Waals surface area contributed by atoms with Crippen LogP contribution in [-0.4, -0.2) is 42.5 Å². The molecule has 1 aromatic heterocycles. The van der Waals surface area contributed by atoms with E-state index in [1.54, 1.807) is 18.2 Å². The van der Waals surface area contributed by atoms with E-state index in [0.717, 1.165) is 54.3 Å². The number of nitrogens with zero attached hydrogens (tertiary/aromatic N) is 1. The molecule has 152 valence electrons. The Morgan fingerprint density at radius 3 is 2.75 bits per heavy atom. The van der Waals surface area contributed by atoms with Gasteiger partial charge in [0.05, 0.1) is 6.26 Å². The van der Waals surface area contributed by atoms with E-state index in [2.05, 4.69) is 23.7 Å². The Labute approximate surface area is 166 Å². The molecule has 2 bridgehead atoms. The van der Waals surface area contributed by atoms with Crippen LogP contribution in [0, 0.1) is 5.92 Å². The smallest absolute Gasteiger partial charge is 0.306 e. The monoisotopic (exact) mass is 404 g/mol. The van der Waals surface area contributed by atoms with E-state index < -0.39 is 10.1 Å². The number of aromatic amines is 1. The number of amides is 1. The molecule has 28 heavy (non-hydrogen) atoms. The second kappa shape index (κ2) is 7.10. The largest absolute Gasteiger partial charge is 0.383 e. The highest BCUT2D eigenvalue weighted by Gasteiger charge is 2.45. The zero-order valence-electron chi connectivity index (χ0n) is 16.6. The van der Waals surface area contributed by atoms with Gasteiger partial charge in [-0.15, -0.1) is 0 Å². The summed E-state index contributed by atoms with van der Waals surface area (Å²) in [4.78, 5) is 18.5. The first kappa shape index (κ1) is 19.3. The number of H-pyrrole nitrogens is 1. The van der Waals surface area contributed by atoms with Crippen LogP contribution in [-0.2, 0) is 14.9 Å². The Balaban J connectivity index is 1.54. The van der Waals surface area contributed by atoms with Gasteiger partial charge in [-0.1, -0.05) is 13.8 Å². The van der Waals surface area contributed by atoms with Crippen molar-refractivity contribution >= 4 is 26.9 Å². The van der Waals surface area contributed by atoms with Gasteiger partial charge in [0.15, 0.2) is 0 Å². The summed E-state index contributed by atoms with van der Waals surface area (Å²) in [5.74, 6) is 1.38. The molecule has 6 nitrogen and oxygen atoms in total. The Morgan fingerprint density at radius 1 is 1.32 bits per heavy atom. The minimum absolute atomic E-state index is 0.0324. The zero-order chi connectivity index (χ0) is 20.1. The SMILES string of the molecule is CCC1CC2CC(C2)N1C(=O)CC(C)c1c[nH]c2ccc(OS(C)(=O)=O)cc12. The van der Waals surface area contributed by atoms with E-state index in [1.165, 1.54) is 0 Å². The van der Waals surface area contributed by atoms with Crippen LogP contribution in [0.15, 0.2) is 24.4 Å². The molecule has 1 aromatic carbocycles. The average Bonchev–Trinajstić information content (AvgIpc) is 3.02. The predicted octanol–water partition coefficient (Wildman–Crippen LogP) is 3.79. The molecule has 3 aliphatic rings. The molecular weight excluding hydrogens is 376 g/mol. The quantitative estimate of drug-likeness (QED) is 0.743. The number of nitrogens with one attached hydrogen (secondary N) is 1. The van der Waals surface area contributed by atoms with Crippen molar-refractivity contribution in [1.29, 1.82) is 0 Å². The van der Waals surface area contributed by atoms with Crippen LogP contribution in [0.2, 0.25) is 0 Å². The molecule has 7 heteroatoms. The number of rotatable bonds is 6. The molecular formula is C21H28N2O4S. The lowest BCUT2D eigenvalue weighted by Gasteiger charge is -2.54. The van der Waals surface area contributed by atoms with Crippen LogP contribution in [0.4, 0.5) is 0 Å². The number of hydrogen-bond donors (Lipinski definition) is 1. The summed E-state index contributed by atoms with van der Waals surface area (Å²) in [5, 5.41) is 0.899. The highest BCUT2D eigenvalue weighted by Crippen LogP contribution is 2.44. The normalized spacial score (nSPS) is 25.4. The lowest BCUT2D eigenvalue weighted by molar-refractivity contribution is -0.147. The molecule has 1 saturated carbocycles. The highest BCUT2D eigenvalue weighted by molar-refractivity contribution is 7.86. The number of carbonyl (C=O) groups is 1. The Hall–Kier alpha value is -2.02. The molecule has 2 aromatic rings. The lowest BCUT2D eigenvalue weighted by atomic mass is 9.70. The summed E-state index contributed by atoms with van der Waals surface area (Å²) in [6, 6.07) is 5.98. The number of piperidine rings is 2. The summed E-state index contributed by atoms with van der Waals surface area (Å²) in [5.41, 5.74) is 1.92. The van der Waals surface area contributed by atoms with Gasteiger partial charge in [-0.05, 0) is 61.3 Å². The minimum Gasteiger partial charge on any atom is -0.383 e. The number of aromatic nitrogens is 1. The van der Waals surface area contributed by atoms with Gasteiger partial charge in [-0.2, -0.15) is 8.42 Å². The average molecular weight is 405 g/mol. The van der Waals surface area contributed by atoms with Crippen molar-refractivity contribution in [3.63, 3.8) is 0 Å². The number of hydrogen-bond acceptors (Lipinski definition) is 4. The number of benzene rings is 1. The highest BCUT2D eigenvalue weighted by atomic mass is 32.2. The van der Waals surface area contributed by atoms with Crippen LogP contribution in [0.5, 0.6) is 5.75 Å². The van der Waals surface area contributed by atoms with Crippen LogP contribution >= 0.6 is 0 Å².